The molecule has 1 aromatic carbocycles. The Hall–Kier alpha value is -1.48. The van der Waals surface area contributed by atoms with Crippen LogP contribution in [0, 0.1) is 23.3 Å². The molecule has 0 aliphatic rings. The largest absolute Gasteiger partial charge is 0.369 e. The summed E-state index contributed by atoms with van der Waals surface area (Å²) in [5.41, 5.74) is 3.99. The van der Waals surface area contributed by atoms with E-state index in [4.69, 9.17) is 0 Å². The van der Waals surface area contributed by atoms with E-state index in [9.17, 15) is 5.11 Å². The van der Waals surface area contributed by atoms with Gasteiger partial charge in [-0.25, -0.2) is 0 Å². The van der Waals surface area contributed by atoms with E-state index in [0.717, 1.165) is 5.56 Å². The Kier molecular flexibility index (Phi) is 4.37. The molecule has 1 unspecified atom stereocenters. The summed E-state index contributed by atoms with van der Waals surface area (Å²) >= 11 is 0. The van der Waals surface area contributed by atoms with Crippen LogP contribution in [0.2, 0.25) is 19.6 Å². The zero-order valence-electron chi connectivity index (χ0n) is 9.91. The molecule has 0 saturated carbocycles. The molecule has 0 amide bonds. The monoisotopic (exact) mass is 228 g/mol. The summed E-state index contributed by atoms with van der Waals surface area (Å²) < 4.78 is 0. The molecule has 16 heavy (non-hydrogen) atoms. The Morgan fingerprint density at radius 2 is 1.69 bits per heavy atom. The minimum Gasteiger partial charge on any atom is -0.369 e. The van der Waals surface area contributed by atoms with Crippen molar-refractivity contribution in [2.24, 2.45) is 0 Å². The van der Waals surface area contributed by atoms with Crippen LogP contribution in [0.15, 0.2) is 30.3 Å². The van der Waals surface area contributed by atoms with E-state index < -0.39 is 14.2 Å². The molecule has 0 bridgehead atoms. The van der Waals surface area contributed by atoms with Gasteiger partial charge in [-0.3, -0.25) is 0 Å². The standard InChI is InChI=1S/C14H16OSi/c1-16(2,3)12-11-14(15)10-9-13-7-5-4-6-8-13/h4-8,14-15H,1-3H3. The predicted octanol–water partition coefficient (Wildman–Crippen LogP) is 2.28. The fraction of sp³-hybridized carbons (Fsp3) is 0.286. The topological polar surface area (TPSA) is 20.2 Å². The number of hydrogen-bond donors (Lipinski definition) is 1. The average Bonchev–Trinajstić information content (AvgIpc) is 2.24. The molecule has 1 nitrogen and oxygen atoms in total. The van der Waals surface area contributed by atoms with Gasteiger partial charge in [0.15, 0.2) is 6.10 Å². The van der Waals surface area contributed by atoms with E-state index in [0.29, 0.717) is 0 Å². The second-order valence-corrected chi connectivity index (χ2v) is 9.31. The highest BCUT2D eigenvalue weighted by molar-refractivity contribution is 6.83. The molecule has 0 aliphatic heterocycles. The third-order valence-electron chi connectivity index (χ3n) is 1.71. The number of hydrogen-bond acceptors (Lipinski definition) is 1. The number of rotatable bonds is 0. The molecular formula is C14H16OSi. The quantitative estimate of drug-likeness (QED) is 0.533. The van der Waals surface area contributed by atoms with Crippen molar-refractivity contribution in [3.8, 4) is 23.3 Å². The third-order valence-corrected chi connectivity index (χ3v) is 2.61. The molecule has 0 heterocycles. The van der Waals surface area contributed by atoms with Gasteiger partial charge in [0.05, 0.1) is 0 Å². The summed E-state index contributed by atoms with van der Waals surface area (Å²) in [5.74, 6) is 8.41. The van der Waals surface area contributed by atoms with E-state index in [1.807, 2.05) is 30.3 Å². The van der Waals surface area contributed by atoms with Gasteiger partial charge in [-0.2, -0.15) is 0 Å². The highest BCUT2D eigenvalue weighted by Gasteiger charge is 2.07. The lowest BCUT2D eigenvalue weighted by Gasteiger charge is -2.03. The number of aliphatic hydroxyl groups is 1. The van der Waals surface area contributed by atoms with Gasteiger partial charge in [0.25, 0.3) is 0 Å². The van der Waals surface area contributed by atoms with Crippen LogP contribution >= 0.6 is 0 Å². The zero-order chi connectivity index (χ0) is 12.0. The molecule has 0 saturated heterocycles. The van der Waals surface area contributed by atoms with Crippen molar-refractivity contribution in [3.63, 3.8) is 0 Å². The van der Waals surface area contributed by atoms with Crippen LogP contribution in [0.5, 0.6) is 0 Å². The Bertz CT molecular complexity index is 449. The van der Waals surface area contributed by atoms with E-state index >= 15 is 0 Å². The molecule has 1 N–H and O–H groups in total. The minimum atomic E-state index is -1.42. The smallest absolute Gasteiger partial charge is 0.176 e. The normalized spacial score (nSPS) is 11.8. The molecule has 82 valence electrons. The Morgan fingerprint density at radius 3 is 2.25 bits per heavy atom. The predicted molar refractivity (Wildman–Crippen MR) is 70.4 cm³/mol. The first kappa shape index (κ1) is 12.6. The van der Waals surface area contributed by atoms with Crippen molar-refractivity contribution >= 4 is 8.07 Å². The van der Waals surface area contributed by atoms with Crippen molar-refractivity contribution in [1.29, 1.82) is 0 Å². The lowest BCUT2D eigenvalue weighted by atomic mass is 10.2. The van der Waals surface area contributed by atoms with Crippen LogP contribution in [0.25, 0.3) is 0 Å². The number of benzene rings is 1. The molecule has 1 rings (SSSR count). The van der Waals surface area contributed by atoms with E-state index in [-0.39, 0.29) is 0 Å². The lowest BCUT2D eigenvalue weighted by molar-refractivity contribution is 0.290. The molecule has 0 aliphatic carbocycles. The zero-order valence-corrected chi connectivity index (χ0v) is 10.9. The van der Waals surface area contributed by atoms with Gasteiger partial charge in [-0.15, -0.1) is 5.54 Å². The molecule has 0 radical (unpaired) electrons. The van der Waals surface area contributed by atoms with E-state index in [1.165, 1.54) is 0 Å². The van der Waals surface area contributed by atoms with Crippen LogP contribution in [-0.4, -0.2) is 19.3 Å². The van der Waals surface area contributed by atoms with Gasteiger partial charge >= 0.3 is 0 Å². The molecule has 0 aromatic heterocycles. The fourth-order valence-corrected chi connectivity index (χ4v) is 1.56. The van der Waals surface area contributed by atoms with Gasteiger partial charge < -0.3 is 5.11 Å². The summed E-state index contributed by atoms with van der Waals surface area (Å²) in [6.07, 6.45) is -0.841. The first-order valence-corrected chi connectivity index (χ1v) is 8.75. The van der Waals surface area contributed by atoms with Gasteiger partial charge in [-0.1, -0.05) is 55.6 Å². The molecule has 0 fully saturated rings. The van der Waals surface area contributed by atoms with E-state index in [1.54, 1.807) is 0 Å². The van der Waals surface area contributed by atoms with Gasteiger partial charge in [0.2, 0.25) is 0 Å². The molecule has 1 atom stereocenters. The summed E-state index contributed by atoms with van der Waals surface area (Å²) in [4.78, 5) is 0. The summed E-state index contributed by atoms with van der Waals surface area (Å²) in [5, 5.41) is 9.55. The first-order valence-electron chi connectivity index (χ1n) is 5.25. The van der Waals surface area contributed by atoms with Gasteiger partial charge in [0, 0.05) is 5.56 Å². The fourth-order valence-electron chi connectivity index (χ4n) is 0.994. The molecule has 0 spiro atoms. The third kappa shape index (κ3) is 5.41. The van der Waals surface area contributed by atoms with Crippen LogP contribution in [0.4, 0.5) is 0 Å². The van der Waals surface area contributed by atoms with Gasteiger partial charge in [0.1, 0.15) is 8.07 Å². The van der Waals surface area contributed by atoms with Gasteiger partial charge in [-0.05, 0) is 12.1 Å². The van der Waals surface area contributed by atoms with Crippen molar-refractivity contribution in [3.05, 3.63) is 35.9 Å². The molecule has 1 aromatic rings. The second-order valence-electron chi connectivity index (χ2n) is 4.56. The maximum absolute atomic E-state index is 9.55. The minimum absolute atomic E-state index is 0.841. The SMILES string of the molecule is C[Si](C)(C)C#CC(O)C#Cc1ccccc1. The summed E-state index contributed by atoms with van der Waals surface area (Å²) in [6, 6.07) is 9.60. The number of aliphatic hydroxyl groups excluding tert-OH is 1. The highest BCUT2D eigenvalue weighted by atomic mass is 28.3. The Labute approximate surface area is 98.5 Å². The average molecular weight is 228 g/mol. The summed E-state index contributed by atoms with van der Waals surface area (Å²) in [6.45, 7) is 6.41. The van der Waals surface area contributed by atoms with Crippen molar-refractivity contribution in [2.75, 3.05) is 0 Å². The van der Waals surface area contributed by atoms with Crippen LogP contribution in [0.3, 0.4) is 0 Å². The second kappa shape index (κ2) is 5.56. The molecular weight excluding hydrogens is 212 g/mol. The maximum Gasteiger partial charge on any atom is 0.176 e. The lowest BCUT2D eigenvalue weighted by Crippen LogP contribution is -2.17. The van der Waals surface area contributed by atoms with Crippen LogP contribution in [0.1, 0.15) is 5.56 Å². The highest BCUT2D eigenvalue weighted by Crippen LogP contribution is 1.97. The molecule has 2 heteroatoms. The van der Waals surface area contributed by atoms with Crippen LogP contribution in [-0.2, 0) is 0 Å². The van der Waals surface area contributed by atoms with E-state index in [2.05, 4.69) is 42.9 Å². The Balaban J connectivity index is 2.68. The Morgan fingerprint density at radius 1 is 1.06 bits per heavy atom. The summed E-state index contributed by atoms with van der Waals surface area (Å²) in [7, 11) is -1.42. The van der Waals surface area contributed by atoms with Crippen LogP contribution < -0.4 is 0 Å². The maximum atomic E-state index is 9.55. The van der Waals surface area contributed by atoms with Crippen molar-refractivity contribution < 1.29 is 5.11 Å². The first-order chi connectivity index (χ1) is 7.47. The van der Waals surface area contributed by atoms with Crippen molar-refractivity contribution in [1.82, 2.24) is 0 Å². The van der Waals surface area contributed by atoms with Crippen molar-refractivity contribution in [2.45, 2.75) is 25.7 Å².